The summed E-state index contributed by atoms with van der Waals surface area (Å²) in [6, 6.07) is 7.53. The summed E-state index contributed by atoms with van der Waals surface area (Å²) in [7, 11) is 0. The summed E-state index contributed by atoms with van der Waals surface area (Å²) in [5, 5.41) is -0.175. The SMILES string of the molecule is CCOc1ccccc1CN1C(=O)C2SCCC2N2C(=O)NNC12. The Labute approximate surface area is 144 Å². The zero-order valence-corrected chi connectivity index (χ0v) is 14.2. The van der Waals surface area contributed by atoms with Crippen LogP contribution in [0.25, 0.3) is 0 Å². The molecule has 8 heteroatoms. The number of thioether (sulfide) groups is 1. The molecule has 3 fully saturated rings. The molecule has 0 aliphatic carbocycles. The highest BCUT2D eigenvalue weighted by atomic mass is 32.2. The number of amides is 3. The van der Waals surface area contributed by atoms with Crippen molar-refractivity contribution in [2.24, 2.45) is 0 Å². The number of nitrogens with one attached hydrogen (secondary N) is 2. The number of nitrogens with zero attached hydrogens (tertiary/aromatic N) is 2. The lowest BCUT2D eigenvalue weighted by Crippen LogP contribution is -2.65. The number of carbonyl (C=O) groups excluding carboxylic acids is 2. The summed E-state index contributed by atoms with van der Waals surface area (Å²) < 4.78 is 5.67. The van der Waals surface area contributed by atoms with Crippen molar-refractivity contribution in [3.8, 4) is 5.75 Å². The number of rotatable bonds is 4. The van der Waals surface area contributed by atoms with E-state index < -0.39 is 6.29 Å². The van der Waals surface area contributed by atoms with Gasteiger partial charge in [0.25, 0.3) is 0 Å². The molecule has 2 N–H and O–H groups in total. The van der Waals surface area contributed by atoms with Gasteiger partial charge >= 0.3 is 6.03 Å². The van der Waals surface area contributed by atoms with Crippen molar-refractivity contribution in [1.82, 2.24) is 20.7 Å². The van der Waals surface area contributed by atoms with Crippen LogP contribution in [0.15, 0.2) is 24.3 Å². The minimum atomic E-state index is -0.445. The molecule has 128 valence electrons. The number of benzene rings is 1. The number of urea groups is 1. The summed E-state index contributed by atoms with van der Waals surface area (Å²) in [4.78, 5) is 28.7. The molecule has 0 spiro atoms. The van der Waals surface area contributed by atoms with Gasteiger partial charge in [0.15, 0.2) is 6.29 Å². The lowest BCUT2D eigenvalue weighted by atomic mass is 10.0. The Kier molecular flexibility index (Phi) is 4.01. The van der Waals surface area contributed by atoms with E-state index in [0.29, 0.717) is 13.2 Å². The fraction of sp³-hybridized carbons (Fsp3) is 0.500. The number of ether oxygens (including phenoxy) is 1. The number of para-hydroxylation sites is 1. The number of carbonyl (C=O) groups is 2. The second-order valence-electron chi connectivity index (χ2n) is 6.01. The molecule has 3 amide bonds. The smallest absolute Gasteiger partial charge is 0.334 e. The Morgan fingerprint density at radius 3 is 3.00 bits per heavy atom. The van der Waals surface area contributed by atoms with Crippen LogP contribution in [0.2, 0.25) is 0 Å². The zero-order chi connectivity index (χ0) is 16.7. The molecule has 0 bridgehead atoms. The second kappa shape index (κ2) is 6.18. The molecule has 3 aliphatic rings. The summed E-state index contributed by atoms with van der Waals surface area (Å²) >= 11 is 1.64. The molecule has 24 heavy (non-hydrogen) atoms. The highest BCUT2D eigenvalue weighted by molar-refractivity contribution is 8.00. The van der Waals surface area contributed by atoms with E-state index in [0.717, 1.165) is 23.5 Å². The third kappa shape index (κ3) is 2.41. The van der Waals surface area contributed by atoms with Gasteiger partial charge in [0.05, 0.1) is 19.2 Å². The molecule has 0 radical (unpaired) electrons. The molecule has 3 heterocycles. The Morgan fingerprint density at radius 1 is 1.33 bits per heavy atom. The first-order valence-corrected chi connectivity index (χ1v) is 9.22. The van der Waals surface area contributed by atoms with Gasteiger partial charge in [0.1, 0.15) is 11.0 Å². The Bertz CT molecular complexity index is 670. The Hall–Kier alpha value is -1.93. The van der Waals surface area contributed by atoms with Crippen LogP contribution in [0.1, 0.15) is 18.9 Å². The number of hydrazine groups is 1. The molecule has 0 aromatic heterocycles. The van der Waals surface area contributed by atoms with Gasteiger partial charge in [-0.05, 0) is 25.2 Å². The van der Waals surface area contributed by atoms with Gasteiger partial charge in [-0.15, -0.1) is 11.8 Å². The van der Waals surface area contributed by atoms with Crippen molar-refractivity contribution in [3.63, 3.8) is 0 Å². The predicted octanol–water partition coefficient (Wildman–Crippen LogP) is 1.11. The standard InChI is InChI=1S/C16H20N4O3S/c1-2-23-12-6-4-3-5-10(12)9-19-14(21)13-11(7-8-24-13)20-15(19)17-18-16(20)22/h3-6,11,13,15,17H,2,7-9H2,1H3,(H,18,22). The maximum Gasteiger partial charge on any atom is 0.334 e. The third-order valence-corrected chi connectivity index (χ3v) is 6.01. The molecule has 3 aliphatic heterocycles. The minimum absolute atomic E-state index is 0.0270. The molecule has 1 aromatic carbocycles. The fourth-order valence-corrected chi connectivity index (χ4v) is 4.99. The van der Waals surface area contributed by atoms with E-state index >= 15 is 0 Å². The van der Waals surface area contributed by atoms with Gasteiger partial charge in [-0.2, -0.15) is 5.43 Å². The summed E-state index contributed by atoms with van der Waals surface area (Å²) in [6.45, 7) is 2.91. The first kappa shape index (κ1) is 15.6. The van der Waals surface area contributed by atoms with E-state index in [2.05, 4.69) is 10.9 Å². The van der Waals surface area contributed by atoms with Crippen LogP contribution in [0, 0.1) is 0 Å². The van der Waals surface area contributed by atoms with Crippen LogP contribution in [-0.2, 0) is 11.3 Å². The number of hydrogen-bond acceptors (Lipinski definition) is 5. The van der Waals surface area contributed by atoms with Gasteiger partial charge in [-0.25, -0.2) is 4.79 Å². The van der Waals surface area contributed by atoms with Gasteiger partial charge in [-0.1, -0.05) is 18.2 Å². The van der Waals surface area contributed by atoms with Crippen LogP contribution < -0.4 is 15.6 Å². The van der Waals surface area contributed by atoms with Crippen molar-refractivity contribution in [2.45, 2.75) is 37.5 Å². The number of hydrogen-bond donors (Lipinski definition) is 2. The zero-order valence-electron chi connectivity index (χ0n) is 13.4. The van der Waals surface area contributed by atoms with E-state index in [1.165, 1.54) is 0 Å². The van der Waals surface area contributed by atoms with Crippen LogP contribution in [0.3, 0.4) is 0 Å². The second-order valence-corrected chi connectivity index (χ2v) is 7.26. The Balaban J connectivity index is 1.64. The van der Waals surface area contributed by atoms with E-state index in [1.54, 1.807) is 21.6 Å². The van der Waals surface area contributed by atoms with Gasteiger partial charge < -0.3 is 9.64 Å². The maximum atomic E-state index is 13.0. The van der Waals surface area contributed by atoms with Crippen molar-refractivity contribution >= 4 is 23.7 Å². The van der Waals surface area contributed by atoms with E-state index in [9.17, 15) is 9.59 Å². The lowest BCUT2D eigenvalue weighted by Gasteiger charge is -2.44. The van der Waals surface area contributed by atoms with E-state index in [1.807, 2.05) is 31.2 Å². The lowest BCUT2D eigenvalue weighted by molar-refractivity contribution is -0.145. The Morgan fingerprint density at radius 2 is 2.17 bits per heavy atom. The average molecular weight is 348 g/mol. The van der Waals surface area contributed by atoms with Crippen LogP contribution in [-0.4, -0.2) is 51.7 Å². The summed E-state index contributed by atoms with van der Waals surface area (Å²) in [5.41, 5.74) is 6.55. The fourth-order valence-electron chi connectivity index (χ4n) is 3.59. The van der Waals surface area contributed by atoms with E-state index in [-0.39, 0.29) is 23.2 Å². The van der Waals surface area contributed by atoms with Crippen molar-refractivity contribution in [2.75, 3.05) is 12.4 Å². The third-order valence-electron chi connectivity index (χ3n) is 4.66. The minimum Gasteiger partial charge on any atom is -0.494 e. The van der Waals surface area contributed by atoms with Gasteiger partial charge in [0, 0.05) is 5.56 Å². The highest BCUT2D eigenvalue weighted by Crippen LogP contribution is 2.39. The van der Waals surface area contributed by atoms with Crippen LogP contribution >= 0.6 is 11.8 Å². The first-order chi connectivity index (χ1) is 11.7. The van der Waals surface area contributed by atoms with Crippen LogP contribution in [0.5, 0.6) is 5.75 Å². The summed E-state index contributed by atoms with van der Waals surface area (Å²) in [5.74, 6) is 1.76. The normalized spacial score (nSPS) is 28.6. The molecule has 3 unspecified atom stereocenters. The summed E-state index contributed by atoms with van der Waals surface area (Å²) in [6.07, 6.45) is 0.412. The molecule has 3 atom stereocenters. The molecule has 4 rings (SSSR count). The van der Waals surface area contributed by atoms with Crippen molar-refractivity contribution < 1.29 is 14.3 Å². The van der Waals surface area contributed by atoms with E-state index in [4.69, 9.17) is 4.74 Å². The number of fused-ring (bicyclic) bond motifs is 3. The highest BCUT2D eigenvalue weighted by Gasteiger charge is 2.53. The van der Waals surface area contributed by atoms with Crippen molar-refractivity contribution in [1.29, 1.82) is 0 Å². The van der Waals surface area contributed by atoms with Gasteiger partial charge in [0.2, 0.25) is 5.91 Å². The molecule has 1 aromatic rings. The van der Waals surface area contributed by atoms with Crippen molar-refractivity contribution in [3.05, 3.63) is 29.8 Å². The molecular weight excluding hydrogens is 328 g/mol. The predicted molar refractivity (Wildman–Crippen MR) is 90.1 cm³/mol. The molecule has 3 saturated heterocycles. The largest absolute Gasteiger partial charge is 0.494 e. The van der Waals surface area contributed by atoms with Crippen LogP contribution in [0.4, 0.5) is 4.79 Å². The molecular formula is C16H20N4O3S. The first-order valence-electron chi connectivity index (χ1n) is 8.17. The molecule has 7 nitrogen and oxygen atoms in total. The van der Waals surface area contributed by atoms with Gasteiger partial charge in [-0.3, -0.25) is 15.1 Å². The maximum absolute atomic E-state index is 13.0. The monoisotopic (exact) mass is 348 g/mol. The quantitative estimate of drug-likeness (QED) is 0.853. The molecule has 0 saturated carbocycles. The topological polar surface area (TPSA) is 73.9 Å². The average Bonchev–Trinajstić information content (AvgIpc) is 3.20.